The van der Waals surface area contributed by atoms with E-state index in [0.717, 1.165) is 0 Å². The molecule has 1 aliphatic rings. The van der Waals surface area contributed by atoms with Gasteiger partial charge in [-0.1, -0.05) is 12.1 Å². The number of hydrogen-bond acceptors (Lipinski definition) is 16. The lowest BCUT2D eigenvalue weighted by atomic mass is 10.1. The maximum absolute atomic E-state index is 14.0. The Morgan fingerprint density at radius 2 is 1.07 bits per heavy atom. The Labute approximate surface area is 315 Å². The molecule has 0 spiro atoms. The van der Waals surface area contributed by atoms with Crippen molar-refractivity contribution in [3.63, 3.8) is 0 Å². The summed E-state index contributed by atoms with van der Waals surface area (Å²) in [5.74, 6) is 0.0204. The minimum absolute atomic E-state index is 0.0204. The summed E-state index contributed by atoms with van der Waals surface area (Å²) in [6.45, 7) is 6.18. The molecule has 2 aromatic rings. The van der Waals surface area contributed by atoms with E-state index in [1.807, 2.05) is 0 Å². The third-order valence-corrected chi connectivity index (χ3v) is 7.25. The van der Waals surface area contributed by atoms with Crippen molar-refractivity contribution >= 4 is 22.7 Å². The van der Waals surface area contributed by atoms with Crippen molar-refractivity contribution in [3.8, 4) is 5.75 Å². The van der Waals surface area contributed by atoms with Crippen molar-refractivity contribution in [2.45, 2.75) is 12.3 Å². The molecule has 21 heteroatoms. The van der Waals surface area contributed by atoms with Crippen LogP contribution in [0.5, 0.6) is 5.75 Å². The van der Waals surface area contributed by atoms with Crippen LogP contribution in [-0.4, -0.2) is 148 Å². The molecule has 3 rings (SSSR count). The van der Waals surface area contributed by atoms with Gasteiger partial charge in [-0.15, -0.1) is 0 Å². The van der Waals surface area contributed by atoms with Crippen molar-refractivity contribution in [2.75, 3.05) is 137 Å². The van der Waals surface area contributed by atoms with E-state index in [2.05, 4.69) is 5.32 Å². The normalized spacial score (nSPS) is 19.8. The quantitative estimate of drug-likeness (QED) is 0.309. The molecule has 18 nitrogen and oxygen atoms in total. The fourth-order valence-electron chi connectivity index (χ4n) is 4.62. The van der Waals surface area contributed by atoms with E-state index in [1.165, 1.54) is 18.2 Å². The van der Waals surface area contributed by atoms with Crippen molar-refractivity contribution in [1.82, 2.24) is 0 Å². The van der Waals surface area contributed by atoms with Crippen molar-refractivity contribution in [3.05, 3.63) is 62.2 Å². The maximum Gasteiger partial charge on any atom is 0.418 e. The molecule has 1 aliphatic heterocycles. The average molecular weight is 796 g/mol. The smallest absolute Gasteiger partial charge is 0.418 e. The Kier molecular flexibility index (Phi) is 22.3. The predicted octanol–water partition coefficient (Wildman–Crippen LogP) is 4.19. The molecule has 0 bridgehead atoms. The zero-order valence-corrected chi connectivity index (χ0v) is 30.3. The lowest BCUT2D eigenvalue weighted by molar-refractivity contribution is -0.394. The standard InChI is InChI=1S/C34H48F3N3O15/c35-34(36,37)29-23-27(39(41)42)24-31(40(43)44)33(29)38-30-3-1-2-4-32(30)55-26-28-25-53-20-19-51-16-15-49-12-11-47-8-7-45-5-6-46-9-10-48-13-14-50-17-18-52-21-22-54-28/h1-4,23-24,28,38H,5-22,25-26H2. The number of nitro benzene ring substituents is 2. The number of rotatable bonds is 7. The molecule has 0 aliphatic carbocycles. The van der Waals surface area contributed by atoms with Gasteiger partial charge in [-0.2, -0.15) is 13.2 Å². The molecular weight excluding hydrogens is 747 g/mol. The average Bonchev–Trinajstić information content (AvgIpc) is 3.15. The lowest BCUT2D eigenvalue weighted by Gasteiger charge is -2.21. The fourth-order valence-corrected chi connectivity index (χ4v) is 4.62. The number of benzene rings is 2. The second-order valence-corrected chi connectivity index (χ2v) is 11.3. The number of halogens is 3. The molecule has 55 heavy (non-hydrogen) atoms. The molecule has 0 saturated carbocycles. The number of nitrogens with zero attached hydrogens (tertiary/aromatic N) is 2. The molecule has 1 saturated heterocycles. The number of ether oxygens (including phenoxy) is 11. The van der Waals surface area contributed by atoms with E-state index in [1.54, 1.807) is 6.07 Å². The molecular formula is C34H48F3N3O15. The third kappa shape index (κ3) is 19.1. The zero-order chi connectivity index (χ0) is 39.6. The molecule has 1 atom stereocenters. The van der Waals surface area contributed by atoms with Crippen LogP contribution >= 0.6 is 0 Å². The number of anilines is 2. The maximum atomic E-state index is 14.0. The second kappa shape index (κ2) is 26.9. The first-order valence-corrected chi connectivity index (χ1v) is 17.5. The minimum atomic E-state index is -5.17. The summed E-state index contributed by atoms with van der Waals surface area (Å²) in [7, 11) is 0. The van der Waals surface area contributed by atoms with Crippen LogP contribution in [0.3, 0.4) is 0 Å². The first-order chi connectivity index (χ1) is 26.7. The molecule has 0 radical (unpaired) electrons. The molecule has 0 aromatic heterocycles. The first kappa shape index (κ1) is 45.6. The highest BCUT2D eigenvalue weighted by molar-refractivity contribution is 5.78. The van der Waals surface area contributed by atoms with Gasteiger partial charge in [0.05, 0.1) is 153 Å². The van der Waals surface area contributed by atoms with E-state index < -0.39 is 44.8 Å². The molecule has 1 fully saturated rings. The van der Waals surface area contributed by atoms with Gasteiger partial charge in [-0.05, 0) is 12.1 Å². The Balaban J connectivity index is 1.59. The van der Waals surface area contributed by atoms with E-state index >= 15 is 0 Å². The molecule has 1 N–H and O–H groups in total. The molecule has 2 aromatic carbocycles. The van der Waals surface area contributed by atoms with E-state index in [0.29, 0.717) is 98.6 Å². The number of alkyl halides is 3. The van der Waals surface area contributed by atoms with Crippen LogP contribution in [0.2, 0.25) is 0 Å². The van der Waals surface area contributed by atoms with Crippen LogP contribution in [0.4, 0.5) is 35.9 Å². The number of non-ortho nitro benzene ring substituents is 1. The summed E-state index contributed by atoms with van der Waals surface area (Å²) >= 11 is 0. The largest absolute Gasteiger partial charge is 0.489 e. The van der Waals surface area contributed by atoms with Gasteiger partial charge < -0.3 is 57.4 Å². The monoisotopic (exact) mass is 795 g/mol. The van der Waals surface area contributed by atoms with Crippen LogP contribution in [0.25, 0.3) is 0 Å². The number of hydrogen-bond donors (Lipinski definition) is 1. The fraction of sp³-hybridized carbons (Fsp3) is 0.647. The van der Waals surface area contributed by atoms with E-state index in [9.17, 15) is 33.4 Å². The van der Waals surface area contributed by atoms with Crippen LogP contribution < -0.4 is 10.1 Å². The summed E-state index contributed by atoms with van der Waals surface area (Å²) in [5.41, 5.74) is -4.89. The lowest BCUT2D eigenvalue weighted by Crippen LogP contribution is -2.29. The van der Waals surface area contributed by atoms with Gasteiger partial charge in [0.25, 0.3) is 11.4 Å². The van der Waals surface area contributed by atoms with Gasteiger partial charge in [0.15, 0.2) is 0 Å². The van der Waals surface area contributed by atoms with Gasteiger partial charge >= 0.3 is 6.18 Å². The van der Waals surface area contributed by atoms with E-state index in [4.69, 9.17) is 52.1 Å². The van der Waals surface area contributed by atoms with Gasteiger partial charge in [-0.3, -0.25) is 20.2 Å². The highest BCUT2D eigenvalue weighted by atomic mass is 19.4. The van der Waals surface area contributed by atoms with Crippen LogP contribution in [0.15, 0.2) is 36.4 Å². The Hall–Kier alpha value is -3.77. The van der Waals surface area contributed by atoms with Gasteiger partial charge in [0.2, 0.25) is 0 Å². The molecule has 1 unspecified atom stereocenters. The van der Waals surface area contributed by atoms with E-state index in [-0.39, 0.29) is 57.1 Å². The molecule has 0 amide bonds. The number of nitrogens with one attached hydrogen (secondary N) is 1. The summed E-state index contributed by atoms with van der Waals surface area (Å²) in [6, 6.07) is 6.46. The van der Waals surface area contributed by atoms with Crippen LogP contribution in [-0.2, 0) is 53.5 Å². The topological polar surface area (TPSA) is 200 Å². The first-order valence-electron chi connectivity index (χ1n) is 17.5. The Morgan fingerprint density at radius 1 is 0.636 bits per heavy atom. The van der Waals surface area contributed by atoms with Crippen LogP contribution in [0.1, 0.15) is 5.56 Å². The Morgan fingerprint density at radius 3 is 1.51 bits per heavy atom. The minimum Gasteiger partial charge on any atom is -0.489 e. The summed E-state index contributed by atoms with van der Waals surface area (Å²) in [5, 5.41) is 25.4. The van der Waals surface area contributed by atoms with Gasteiger partial charge in [0, 0.05) is 6.07 Å². The third-order valence-electron chi connectivity index (χ3n) is 7.25. The summed E-state index contributed by atoms with van der Waals surface area (Å²) < 4.78 is 104. The van der Waals surface area contributed by atoms with Gasteiger partial charge in [-0.25, -0.2) is 0 Å². The summed E-state index contributed by atoms with van der Waals surface area (Å²) in [4.78, 5) is 20.7. The van der Waals surface area contributed by atoms with Gasteiger partial charge in [0.1, 0.15) is 24.1 Å². The van der Waals surface area contributed by atoms with Crippen LogP contribution in [0, 0.1) is 20.2 Å². The highest BCUT2D eigenvalue weighted by Crippen LogP contribution is 2.44. The second-order valence-electron chi connectivity index (χ2n) is 11.3. The van der Waals surface area contributed by atoms with Crippen molar-refractivity contribution < 1.29 is 75.1 Å². The van der Waals surface area contributed by atoms with Crippen molar-refractivity contribution in [1.29, 1.82) is 0 Å². The molecule has 1 heterocycles. The zero-order valence-electron chi connectivity index (χ0n) is 30.3. The number of nitro groups is 2. The number of para-hydroxylation sites is 2. The SMILES string of the molecule is O=[N+]([O-])c1cc([N+](=O)[O-])c(Nc2ccccc2OCC2COCCOCCOCCOCCOCCOCCOCCOCCOCCO2)c(C(F)(F)F)c1. The van der Waals surface area contributed by atoms with Crippen molar-refractivity contribution in [2.24, 2.45) is 0 Å². The molecule has 310 valence electrons. The Bertz CT molecular complexity index is 1360. The highest BCUT2D eigenvalue weighted by Gasteiger charge is 2.40. The summed E-state index contributed by atoms with van der Waals surface area (Å²) in [6.07, 6.45) is -5.86. The predicted molar refractivity (Wildman–Crippen MR) is 187 cm³/mol.